The fraction of sp³-hybridized carbons (Fsp3) is 0.706. The Kier molecular flexibility index (Phi) is 5.56. The van der Waals surface area contributed by atoms with Gasteiger partial charge in [-0.3, -0.25) is 9.69 Å². The number of piperazine rings is 1. The molecule has 132 valence electrons. The second kappa shape index (κ2) is 7.66. The molecule has 3 rings (SSSR count). The van der Waals surface area contributed by atoms with Gasteiger partial charge in [-0.1, -0.05) is 0 Å². The van der Waals surface area contributed by atoms with E-state index in [1.54, 1.807) is 12.4 Å². The minimum absolute atomic E-state index is 0.255. The van der Waals surface area contributed by atoms with Gasteiger partial charge >= 0.3 is 0 Å². The van der Waals surface area contributed by atoms with Crippen LogP contribution in [0.15, 0.2) is 12.4 Å². The monoisotopic (exact) mass is 351 g/mol. The van der Waals surface area contributed by atoms with Gasteiger partial charge in [0, 0.05) is 39.8 Å². The molecule has 0 atom stereocenters. The van der Waals surface area contributed by atoms with Crippen LogP contribution in [0.2, 0.25) is 5.28 Å². The molecule has 6 nitrogen and oxygen atoms in total. The van der Waals surface area contributed by atoms with Crippen LogP contribution in [0.1, 0.15) is 25.7 Å². The molecule has 0 aromatic carbocycles. The van der Waals surface area contributed by atoms with E-state index < -0.39 is 0 Å². The highest BCUT2D eigenvalue weighted by Gasteiger charge is 2.30. The number of likely N-dealkylation sites (N-methyl/N-ethyl adjacent to an activating group) is 1. The number of aromatic nitrogens is 2. The summed E-state index contributed by atoms with van der Waals surface area (Å²) in [5.41, 5.74) is 1.01. The second-order valence-corrected chi connectivity index (χ2v) is 7.39. The lowest BCUT2D eigenvalue weighted by atomic mass is 9.84. The number of carbonyl (C=O) groups is 1. The Balaban J connectivity index is 1.46. The van der Waals surface area contributed by atoms with Crippen LogP contribution in [0.5, 0.6) is 0 Å². The molecule has 1 aromatic rings. The number of nitrogens with zero attached hydrogens (tertiary/aromatic N) is 5. The summed E-state index contributed by atoms with van der Waals surface area (Å²) in [4.78, 5) is 26.4. The summed E-state index contributed by atoms with van der Waals surface area (Å²) in [6, 6.07) is 0.572. The lowest BCUT2D eigenvalue weighted by Crippen LogP contribution is -2.53. The van der Waals surface area contributed by atoms with Crippen LogP contribution in [-0.2, 0) is 4.79 Å². The predicted octanol–water partition coefficient (Wildman–Crippen LogP) is 1.90. The molecule has 2 fully saturated rings. The van der Waals surface area contributed by atoms with E-state index in [0.29, 0.717) is 18.5 Å². The summed E-state index contributed by atoms with van der Waals surface area (Å²) >= 11 is 5.75. The van der Waals surface area contributed by atoms with Crippen LogP contribution in [0.4, 0.5) is 5.69 Å². The minimum Gasteiger partial charge on any atom is -0.372 e. The molecule has 1 aromatic heterocycles. The molecule has 2 aliphatic rings. The Morgan fingerprint density at radius 2 is 1.88 bits per heavy atom. The zero-order chi connectivity index (χ0) is 17.1. The van der Waals surface area contributed by atoms with Crippen LogP contribution in [0.3, 0.4) is 0 Å². The number of anilines is 1. The van der Waals surface area contributed by atoms with Crippen molar-refractivity contribution in [2.24, 2.45) is 5.92 Å². The first-order chi connectivity index (χ1) is 11.5. The molecule has 0 radical (unpaired) electrons. The van der Waals surface area contributed by atoms with Gasteiger partial charge in [0.2, 0.25) is 11.2 Å². The highest BCUT2D eigenvalue weighted by molar-refractivity contribution is 6.28. The smallest absolute Gasteiger partial charge is 0.236 e. The van der Waals surface area contributed by atoms with E-state index in [-0.39, 0.29) is 11.2 Å². The van der Waals surface area contributed by atoms with Crippen LogP contribution in [0, 0.1) is 5.92 Å². The fourth-order valence-corrected chi connectivity index (χ4v) is 3.87. The molecule has 1 aliphatic heterocycles. The summed E-state index contributed by atoms with van der Waals surface area (Å²) in [5.74, 6) is 0.941. The molecule has 7 heteroatoms. The topological polar surface area (TPSA) is 52.6 Å². The minimum atomic E-state index is 0.255. The number of halogens is 1. The van der Waals surface area contributed by atoms with Gasteiger partial charge in [-0.15, -0.1) is 0 Å². The van der Waals surface area contributed by atoms with E-state index in [4.69, 9.17) is 11.6 Å². The molecule has 24 heavy (non-hydrogen) atoms. The molecule has 1 saturated heterocycles. The van der Waals surface area contributed by atoms with Crippen molar-refractivity contribution in [1.82, 2.24) is 19.8 Å². The number of rotatable bonds is 4. The van der Waals surface area contributed by atoms with Crippen LogP contribution in [-0.4, -0.2) is 72.0 Å². The van der Waals surface area contributed by atoms with Gasteiger partial charge < -0.3 is 9.80 Å². The molecular weight excluding hydrogens is 326 g/mol. The zero-order valence-electron chi connectivity index (χ0n) is 14.5. The molecular formula is C17H26ClN5O. The maximum Gasteiger partial charge on any atom is 0.236 e. The molecule has 1 saturated carbocycles. The van der Waals surface area contributed by atoms with E-state index in [0.717, 1.165) is 25.3 Å². The van der Waals surface area contributed by atoms with Crippen molar-refractivity contribution in [2.45, 2.75) is 31.7 Å². The van der Waals surface area contributed by atoms with E-state index in [2.05, 4.69) is 26.8 Å². The zero-order valence-corrected chi connectivity index (χ0v) is 15.2. The van der Waals surface area contributed by atoms with Crippen molar-refractivity contribution in [2.75, 3.05) is 45.2 Å². The van der Waals surface area contributed by atoms with Crippen molar-refractivity contribution in [3.05, 3.63) is 17.7 Å². The van der Waals surface area contributed by atoms with Crippen molar-refractivity contribution in [3.8, 4) is 0 Å². The van der Waals surface area contributed by atoms with E-state index in [9.17, 15) is 4.79 Å². The third kappa shape index (κ3) is 4.16. The summed E-state index contributed by atoms with van der Waals surface area (Å²) in [6.07, 6.45) is 8.35. The third-order valence-corrected chi connectivity index (χ3v) is 5.59. The lowest BCUT2D eigenvalue weighted by Gasteiger charge is -2.41. The number of carbonyl (C=O) groups excluding carboxylic acids is 1. The molecule has 0 spiro atoms. The van der Waals surface area contributed by atoms with Gasteiger partial charge in [0.25, 0.3) is 0 Å². The predicted molar refractivity (Wildman–Crippen MR) is 95.3 cm³/mol. The molecule has 1 amide bonds. The third-order valence-electron chi connectivity index (χ3n) is 5.40. The Labute approximate surface area is 148 Å². The summed E-state index contributed by atoms with van der Waals surface area (Å²) in [7, 11) is 3.98. The first-order valence-electron chi connectivity index (χ1n) is 8.69. The molecule has 0 N–H and O–H groups in total. The number of hydrogen-bond acceptors (Lipinski definition) is 5. The number of amides is 1. The van der Waals surface area contributed by atoms with Gasteiger partial charge in [-0.2, -0.15) is 0 Å². The van der Waals surface area contributed by atoms with E-state index >= 15 is 0 Å². The van der Waals surface area contributed by atoms with Crippen molar-refractivity contribution < 1.29 is 4.79 Å². The average molecular weight is 352 g/mol. The Morgan fingerprint density at radius 1 is 1.21 bits per heavy atom. The van der Waals surface area contributed by atoms with Gasteiger partial charge in [0.15, 0.2) is 0 Å². The van der Waals surface area contributed by atoms with Gasteiger partial charge in [-0.05, 0) is 43.2 Å². The van der Waals surface area contributed by atoms with Crippen LogP contribution < -0.4 is 4.90 Å². The van der Waals surface area contributed by atoms with Gasteiger partial charge in [-0.25, -0.2) is 9.97 Å². The standard InChI is InChI=1S/C17H26ClN5O/c1-21-7-8-23(12-16(21)24)14-5-3-13(4-6-14)11-22(2)15-9-19-17(18)20-10-15/h9-10,13-14H,3-8,11-12H2,1-2H3/t13-,14-. The SMILES string of the molecule is CN1CCN([C@H]2CC[C@H](CN(C)c3cnc(Cl)nc3)CC2)CC1=O. The molecule has 2 heterocycles. The van der Waals surface area contributed by atoms with Crippen molar-refractivity contribution in [3.63, 3.8) is 0 Å². The maximum absolute atomic E-state index is 11.9. The quantitative estimate of drug-likeness (QED) is 0.775. The van der Waals surface area contributed by atoms with Crippen LogP contribution >= 0.6 is 11.6 Å². The van der Waals surface area contributed by atoms with E-state index in [1.807, 2.05) is 11.9 Å². The van der Waals surface area contributed by atoms with Crippen molar-refractivity contribution >= 4 is 23.2 Å². The summed E-state index contributed by atoms with van der Waals surface area (Å²) < 4.78 is 0. The van der Waals surface area contributed by atoms with Gasteiger partial charge in [0.05, 0.1) is 24.6 Å². The Bertz CT molecular complexity index is 559. The lowest BCUT2D eigenvalue weighted by molar-refractivity contribution is -0.135. The van der Waals surface area contributed by atoms with Crippen LogP contribution in [0.25, 0.3) is 0 Å². The van der Waals surface area contributed by atoms with Crippen molar-refractivity contribution in [1.29, 1.82) is 0 Å². The Hall–Kier alpha value is -1.40. The Morgan fingerprint density at radius 3 is 2.50 bits per heavy atom. The molecule has 0 bridgehead atoms. The average Bonchev–Trinajstić information content (AvgIpc) is 2.58. The highest BCUT2D eigenvalue weighted by atomic mass is 35.5. The molecule has 0 unspecified atom stereocenters. The first-order valence-corrected chi connectivity index (χ1v) is 9.07. The fourth-order valence-electron chi connectivity index (χ4n) is 3.78. The normalized spacial score (nSPS) is 25.8. The summed E-state index contributed by atoms with van der Waals surface area (Å²) in [6.45, 7) is 3.48. The highest BCUT2D eigenvalue weighted by Crippen LogP contribution is 2.29. The van der Waals surface area contributed by atoms with Gasteiger partial charge in [0.1, 0.15) is 0 Å². The largest absolute Gasteiger partial charge is 0.372 e. The number of hydrogen-bond donors (Lipinski definition) is 0. The second-order valence-electron chi connectivity index (χ2n) is 7.05. The van der Waals surface area contributed by atoms with E-state index in [1.165, 1.54) is 25.7 Å². The molecule has 1 aliphatic carbocycles. The maximum atomic E-state index is 11.9. The summed E-state index contributed by atoms with van der Waals surface area (Å²) in [5, 5.41) is 0.286. The first kappa shape index (κ1) is 17.4.